The third-order valence-electron chi connectivity index (χ3n) is 2.75. The fourth-order valence-electron chi connectivity index (χ4n) is 1.87. The number of H-pyrrole nitrogens is 1. The predicted molar refractivity (Wildman–Crippen MR) is 67.2 cm³/mol. The Kier molecular flexibility index (Phi) is 2.34. The van der Waals surface area contributed by atoms with Crippen molar-refractivity contribution in [1.82, 2.24) is 15.0 Å². The van der Waals surface area contributed by atoms with Crippen LogP contribution in [0.25, 0.3) is 22.6 Å². The molecule has 2 aromatic heterocycles. The van der Waals surface area contributed by atoms with Gasteiger partial charge in [-0.15, -0.1) is 0 Å². The summed E-state index contributed by atoms with van der Waals surface area (Å²) in [5.41, 5.74) is 9.41. The predicted octanol–water partition coefficient (Wildman–Crippen LogP) is 2.08. The largest absolute Gasteiger partial charge is 0.336 e. The highest BCUT2D eigenvalue weighted by Gasteiger charge is 2.08. The average Bonchev–Trinajstić information content (AvgIpc) is 2.83. The minimum Gasteiger partial charge on any atom is -0.336 e. The highest BCUT2D eigenvalue weighted by molar-refractivity contribution is 5.78. The molecule has 3 rings (SSSR count). The van der Waals surface area contributed by atoms with Crippen LogP contribution in [0, 0.1) is 0 Å². The molecule has 0 fully saturated rings. The minimum atomic E-state index is 0.482. The summed E-state index contributed by atoms with van der Waals surface area (Å²) in [6.07, 6.45) is 1.74. The van der Waals surface area contributed by atoms with Crippen LogP contribution in [0.4, 0.5) is 0 Å². The zero-order chi connectivity index (χ0) is 11.7. The summed E-state index contributed by atoms with van der Waals surface area (Å²) in [6, 6.07) is 11.9. The molecule has 0 saturated carbocycles. The van der Waals surface area contributed by atoms with E-state index in [9.17, 15) is 0 Å². The van der Waals surface area contributed by atoms with Crippen LogP contribution in [0.5, 0.6) is 0 Å². The summed E-state index contributed by atoms with van der Waals surface area (Å²) in [5.74, 6) is 0.828. The maximum atomic E-state index is 5.69. The highest BCUT2D eigenvalue weighted by Crippen LogP contribution is 2.20. The van der Waals surface area contributed by atoms with Gasteiger partial charge in [-0.25, -0.2) is 9.97 Å². The standard InChI is InChI=1S/C13H12N4/c14-8-10-6-7-15-13-11(10)16-12(17-13)9-4-2-1-3-5-9/h1-7H,8,14H2,(H,15,16,17). The van der Waals surface area contributed by atoms with Gasteiger partial charge in [0.2, 0.25) is 0 Å². The van der Waals surface area contributed by atoms with Crippen molar-refractivity contribution < 1.29 is 0 Å². The van der Waals surface area contributed by atoms with Gasteiger partial charge >= 0.3 is 0 Å². The Bertz CT molecular complexity index is 643. The number of nitrogens with one attached hydrogen (secondary N) is 1. The van der Waals surface area contributed by atoms with E-state index in [2.05, 4.69) is 15.0 Å². The Hall–Kier alpha value is -2.20. The number of aromatic nitrogens is 3. The Balaban J connectivity index is 2.20. The Morgan fingerprint density at radius 1 is 1.12 bits per heavy atom. The van der Waals surface area contributed by atoms with Crippen LogP contribution >= 0.6 is 0 Å². The van der Waals surface area contributed by atoms with E-state index in [1.807, 2.05) is 36.4 Å². The molecule has 84 valence electrons. The average molecular weight is 224 g/mol. The maximum absolute atomic E-state index is 5.69. The van der Waals surface area contributed by atoms with Crippen molar-refractivity contribution in [1.29, 1.82) is 0 Å². The Labute approximate surface area is 98.5 Å². The fourth-order valence-corrected chi connectivity index (χ4v) is 1.87. The first-order valence-corrected chi connectivity index (χ1v) is 5.47. The second-order valence-electron chi connectivity index (χ2n) is 3.82. The topological polar surface area (TPSA) is 67.6 Å². The molecule has 0 atom stereocenters. The van der Waals surface area contributed by atoms with E-state index in [0.29, 0.717) is 12.2 Å². The van der Waals surface area contributed by atoms with E-state index >= 15 is 0 Å². The molecule has 0 unspecified atom stereocenters. The van der Waals surface area contributed by atoms with Gasteiger partial charge in [-0.05, 0) is 11.6 Å². The van der Waals surface area contributed by atoms with Crippen molar-refractivity contribution in [3.05, 3.63) is 48.2 Å². The van der Waals surface area contributed by atoms with Gasteiger partial charge in [0.25, 0.3) is 0 Å². The molecule has 0 spiro atoms. The van der Waals surface area contributed by atoms with Crippen molar-refractivity contribution in [2.75, 3.05) is 0 Å². The van der Waals surface area contributed by atoms with Crippen LogP contribution in [0.2, 0.25) is 0 Å². The fraction of sp³-hybridized carbons (Fsp3) is 0.0769. The lowest BCUT2D eigenvalue weighted by molar-refractivity contribution is 1.07. The number of nitrogens with two attached hydrogens (primary N) is 1. The monoisotopic (exact) mass is 224 g/mol. The first kappa shape index (κ1) is 9.99. The van der Waals surface area contributed by atoms with Crippen molar-refractivity contribution in [3.8, 4) is 11.4 Å². The third-order valence-corrected chi connectivity index (χ3v) is 2.75. The molecule has 1 aromatic carbocycles. The molecule has 17 heavy (non-hydrogen) atoms. The smallest absolute Gasteiger partial charge is 0.178 e. The Morgan fingerprint density at radius 2 is 1.94 bits per heavy atom. The molecule has 4 heteroatoms. The minimum absolute atomic E-state index is 0.482. The summed E-state index contributed by atoms with van der Waals surface area (Å²) in [5, 5.41) is 0. The Morgan fingerprint density at radius 3 is 2.71 bits per heavy atom. The number of hydrogen-bond acceptors (Lipinski definition) is 3. The van der Waals surface area contributed by atoms with Crippen LogP contribution in [-0.2, 0) is 6.54 Å². The molecule has 3 aromatic rings. The lowest BCUT2D eigenvalue weighted by Gasteiger charge is -1.96. The van der Waals surface area contributed by atoms with Crippen LogP contribution in [0.3, 0.4) is 0 Å². The number of imidazole rings is 1. The van der Waals surface area contributed by atoms with E-state index in [4.69, 9.17) is 5.73 Å². The molecule has 0 amide bonds. The maximum Gasteiger partial charge on any atom is 0.178 e. The number of nitrogens with zero attached hydrogens (tertiary/aromatic N) is 2. The van der Waals surface area contributed by atoms with Crippen molar-refractivity contribution in [2.45, 2.75) is 6.54 Å². The SMILES string of the molecule is NCc1ccnc2nc(-c3ccccc3)[nH]c12. The summed E-state index contributed by atoms with van der Waals surface area (Å²) in [6.45, 7) is 0.482. The van der Waals surface area contributed by atoms with Gasteiger partial charge in [0, 0.05) is 18.3 Å². The molecular weight excluding hydrogens is 212 g/mol. The van der Waals surface area contributed by atoms with E-state index in [1.165, 1.54) is 0 Å². The van der Waals surface area contributed by atoms with Crippen LogP contribution < -0.4 is 5.73 Å². The zero-order valence-corrected chi connectivity index (χ0v) is 9.22. The van der Waals surface area contributed by atoms with E-state index in [1.54, 1.807) is 6.20 Å². The molecule has 0 aliphatic rings. The van der Waals surface area contributed by atoms with Crippen LogP contribution in [0.15, 0.2) is 42.6 Å². The highest BCUT2D eigenvalue weighted by atomic mass is 15.0. The first-order valence-electron chi connectivity index (χ1n) is 5.47. The van der Waals surface area contributed by atoms with Gasteiger partial charge in [-0.1, -0.05) is 30.3 Å². The third kappa shape index (κ3) is 1.68. The molecule has 0 bridgehead atoms. The van der Waals surface area contributed by atoms with Crippen molar-refractivity contribution in [2.24, 2.45) is 5.73 Å². The number of aromatic amines is 1. The quantitative estimate of drug-likeness (QED) is 0.700. The van der Waals surface area contributed by atoms with Gasteiger partial charge < -0.3 is 10.7 Å². The molecule has 0 radical (unpaired) electrons. The number of fused-ring (bicyclic) bond motifs is 1. The number of rotatable bonds is 2. The molecule has 0 saturated heterocycles. The van der Waals surface area contributed by atoms with E-state index in [0.717, 1.165) is 22.5 Å². The van der Waals surface area contributed by atoms with Gasteiger partial charge in [-0.2, -0.15) is 0 Å². The van der Waals surface area contributed by atoms with Gasteiger partial charge in [-0.3, -0.25) is 0 Å². The zero-order valence-electron chi connectivity index (χ0n) is 9.22. The molecule has 4 nitrogen and oxygen atoms in total. The number of benzene rings is 1. The second-order valence-corrected chi connectivity index (χ2v) is 3.82. The molecule has 2 heterocycles. The van der Waals surface area contributed by atoms with Crippen molar-refractivity contribution >= 4 is 11.2 Å². The second kappa shape index (κ2) is 3.99. The van der Waals surface area contributed by atoms with E-state index in [-0.39, 0.29) is 0 Å². The summed E-state index contributed by atoms with van der Waals surface area (Å²) >= 11 is 0. The summed E-state index contributed by atoms with van der Waals surface area (Å²) in [7, 11) is 0. The molecule has 3 N–H and O–H groups in total. The summed E-state index contributed by atoms with van der Waals surface area (Å²) in [4.78, 5) is 12.0. The molecular formula is C13H12N4. The van der Waals surface area contributed by atoms with E-state index < -0.39 is 0 Å². The first-order chi connectivity index (χ1) is 8.38. The van der Waals surface area contributed by atoms with Crippen LogP contribution in [0.1, 0.15) is 5.56 Å². The van der Waals surface area contributed by atoms with Gasteiger partial charge in [0.05, 0.1) is 5.52 Å². The lowest BCUT2D eigenvalue weighted by Crippen LogP contribution is -1.97. The van der Waals surface area contributed by atoms with Gasteiger partial charge in [0.1, 0.15) is 5.82 Å². The lowest BCUT2D eigenvalue weighted by atomic mass is 10.2. The molecule has 0 aliphatic carbocycles. The number of hydrogen-bond donors (Lipinski definition) is 2. The molecule has 0 aliphatic heterocycles. The van der Waals surface area contributed by atoms with Crippen LogP contribution in [-0.4, -0.2) is 15.0 Å². The van der Waals surface area contributed by atoms with Gasteiger partial charge in [0.15, 0.2) is 5.65 Å². The summed E-state index contributed by atoms with van der Waals surface area (Å²) < 4.78 is 0. The van der Waals surface area contributed by atoms with Crippen molar-refractivity contribution in [3.63, 3.8) is 0 Å². The normalized spacial score (nSPS) is 10.9. The number of pyridine rings is 1.